The van der Waals surface area contributed by atoms with Crippen LogP contribution in [0.1, 0.15) is 1.43 Å². The van der Waals surface area contributed by atoms with Crippen LogP contribution in [-0.4, -0.2) is 12.0 Å². The molecule has 2 aromatic carbocycles. The quantitative estimate of drug-likeness (QED) is 0.559. The van der Waals surface area contributed by atoms with E-state index in [4.69, 9.17) is 4.42 Å². The third-order valence-electron chi connectivity index (χ3n) is 3.55. The molecule has 1 N–H and O–H groups in total. The summed E-state index contributed by atoms with van der Waals surface area (Å²) in [4.78, 5) is 16.8. The molecular weight excluding hydrogens is 296 g/mol. The largest absolute Gasteiger partial charge is 0.422 e. The average Bonchev–Trinajstić information content (AvgIpc) is 2.97. The van der Waals surface area contributed by atoms with Gasteiger partial charge in [0.2, 0.25) is 0 Å². The van der Waals surface area contributed by atoms with Crippen LogP contribution in [-0.2, 0) is 0 Å². The first-order valence-corrected chi connectivity index (χ1v) is 7.68. The molecule has 0 bridgehead atoms. The second kappa shape index (κ2) is 4.96. The topological polar surface area (TPSA) is 55.1 Å². The highest BCUT2D eigenvalue weighted by Crippen LogP contribution is 2.30. The van der Waals surface area contributed by atoms with E-state index in [0.717, 1.165) is 21.3 Å². The zero-order valence-corrected chi connectivity index (χ0v) is 12.6. The molecular formula is C17H14N2O2S. The van der Waals surface area contributed by atoms with Crippen molar-refractivity contribution in [1.29, 1.82) is 0 Å². The maximum atomic E-state index is 12.3. The predicted molar refractivity (Wildman–Crippen MR) is 92.8 cm³/mol. The van der Waals surface area contributed by atoms with Crippen molar-refractivity contribution in [3.05, 3.63) is 59.0 Å². The zero-order chi connectivity index (χ0) is 15.1. The van der Waals surface area contributed by atoms with Gasteiger partial charge in [0.25, 0.3) is 0 Å². The molecule has 0 spiro atoms. The van der Waals surface area contributed by atoms with Crippen LogP contribution in [0, 0.1) is 0 Å². The van der Waals surface area contributed by atoms with Gasteiger partial charge in [0.1, 0.15) is 10.6 Å². The number of nitrogens with zero attached hydrogens (tertiary/aromatic N) is 1. The van der Waals surface area contributed by atoms with E-state index in [2.05, 4.69) is 10.3 Å². The Kier molecular flexibility index (Phi) is 2.94. The van der Waals surface area contributed by atoms with Gasteiger partial charge in [-0.05, 0) is 30.3 Å². The molecule has 0 aliphatic heterocycles. The predicted octanol–water partition coefficient (Wildman–Crippen LogP) is 4.36. The summed E-state index contributed by atoms with van der Waals surface area (Å²) in [5.41, 5.74) is 2.52. The van der Waals surface area contributed by atoms with E-state index in [1.54, 1.807) is 0 Å². The van der Waals surface area contributed by atoms with E-state index in [9.17, 15) is 4.79 Å². The van der Waals surface area contributed by atoms with Crippen LogP contribution in [0.4, 0.5) is 5.69 Å². The molecule has 0 radical (unpaired) electrons. The molecule has 4 aromatic rings. The lowest BCUT2D eigenvalue weighted by Crippen LogP contribution is -2.02. The molecule has 0 atom stereocenters. The van der Waals surface area contributed by atoms with Crippen molar-refractivity contribution >= 4 is 38.2 Å². The summed E-state index contributed by atoms with van der Waals surface area (Å²) in [6, 6.07) is 15.4. The van der Waals surface area contributed by atoms with Gasteiger partial charge in [-0.2, -0.15) is 0 Å². The van der Waals surface area contributed by atoms with Gasteiger partial charge in [-0.3, -0.25) is 0 Å². The molecule has 0 saturated heterocycles. The molecule has 0 amide bonds. The van der Waals surface area contributed by atoms with Gasteiger partial charge >= 0.3 is 5.63 Å². The van der Waals surface area contributed by atoms with Crippen LogP contribution in [0.15, 0.2) is 57.7 Å². The minimum atomic E-state index is -0.361. The number of benzene rings is 2. The molecule has 0 unspecified atom stereocenters. The van der Waals surface area contributed by atoms with Gasteiger partial charge in [-0.1, -0.05) is 12.1 Å². The van der Waals surface area contributed by atoms with E-state index in [-0.39, 0.29) is 7.05 Å². The number of rotatable bonds is 2. The zero-order valence-electron chi connectivity index (χ0n) is 11.8. The maximum absolute atomic E-state index is 12.3. The third kappa shape index (κ3) is 2.07. The Morgan fingerprint density at radius 3 is 2.86 bits per heavy atom. The third-order valence-corrected chi connectivity index (χ3v) is 4.62. The monoisotopic (exact) mass is 310 g/mol. The second-order valence-electron chi connectivity index (χ2n) is 4.94. The van der Waals surface area contributed by atoms with Crippen molar-refractivity contribution in [2.45, 2.75) is 0 Å². The first kappa shape index (κ1) is 13.0. The van der Waals surface area contributed by atoms with Crippen LogP contribution < -0.4 is 10.9 Å². The summed E-state index contributed by atoms with van der Waals surface area (Å²) in [6.45, 7) is 0. The van der Waals surface area contributed by atoms with Crippen LogP contribution in [0.2, 0.25) is 0 Å². The average molecular weight is 310 g/mol. The van der Waals surface area contributed by atoms with Crippen molar-refractivity contribution in [2.75, 3.05) is 12.4 Å². The Balaban J connectivity index is 0.00000156. The number of anilines is 1. The number of aromatic nitrogens is 1. The normalized spacial score (nSPS) is 11.1. The van der Waals surface area contributed by atoms with Crippen LogP contribution >= 0.6 is 11.3 Å². The summed E-state index contributed by atoms with van der Waals surface area (Å²) in [5, 5.41) is 4.60. The number of para-hydroxylation sites is 1. The van der Waals surface area contributed by atoms with Crippen LogP contribution in [0.25, 0.3) is 31.8 Å². The molecule has 110 valence electrons. The Hall–Kier alpha value is -2.66. The van der Waals surface area contributed by atoms with E-state index in [0.29, 0.717) is 16.2 Å². The second-order valence-corrected chi connectivity index (χ2v) is 5.97. The summed E-state index contributed by atoms with van der Waals surface area (Å²) in [6.07, 6.45) is 0. The van der Waals surface area contributed by atoms with Crippen LogP contribution in [0.3, 0.4) is 0 Å². The molecule has 5 heteroatoms. The lowest BCUT2D eigenvalue weighted by atomic mass is 10.2. The Labute approximate surface area is 131 Å². The van der Waals surface area contributed by atoms with E-state index >= 15 is 0 Å². The van der Waals surface area contributed by atoms with Crippen molar-refractivity contribution in [1.82, 2.24) is 4.98 Å². The lowest BCUT2D eigenvalue weighted by Gasteiger charge is -2.02. The summed E-state index contributed by atoms with van der Waals surface area (Å²) >= 11 is 1.50. The van der Waals surface area contributed by atoms with Gasteiger partial charge in [-0.25, -0.2) is 9.78 Å². The minimum Gasteiger partial charge on any atom is -0.422 e. The molecule has 0 saturated carbocycles. The highest BCUT2D eigenvalue weighted by atomic mass is 32.1. The Morgan fingerprint density at radius 2 is 2.05 bits per heavy atom. The van der Waals surface area contributed by atoms with Gasteiger partial charge in [0.05, 0.1) is 15.8 Å². The number of fused-ring (bicyclic) bond motifs is 2. The molecule has 0 aliphatic rings. The maximum Gasteiger partial charge on any atom is 0.346 e. The minimum absolute atomic E-state index is 0. The summed E-state index contributed by atoms with van der Waals surface area (Å²) in [7, 11) is 1.83. The van der Waals surface area contributed by atoms with Crippen molar-refractivity contribution in [3.8, 4) is 10.6 Å². The first-order valence-electron chi connectivity index (χ1n) is 6.86. The number of thiazole rings is 1. The molecule has 4 rings (SSSR count). The Bertz CT molecular complexity index is 1020. The van der Waals surface area contributed by atoms with Gasteiger partial charge in [0, 0.05) is 25.6 Å². The van der Waals surface area contributed by atoms with E-state index in [1.165, 1.54) is 11.3 Å². The number of nitrogens with one attached hydrogen (secondary N) is 1. The lowest BCUT2D eigenvalue weighted by molar-refractivity contribution is 0.563. The number of hydrogen-bond donors (Lipinski definition) is 1. The standard InChI is InChI=1S/C17H12N2O2S.H2/c1-18-11-7-6-10-8-12(17(20)21-14(10)9-11)16-19-13-4-2-3-5-15(13)22-16;/h2-9,18H,1H3;1H. The Morgan fingerprint density at radius 1 is 1.18 bits per heavy atom. The highest BCUT2D eigenvalue weighted by Gasteiger charge is 2.12. The fourth-order valence-electron chi connectivity index (χ4n) is 2.40. The van der Waals surface area contributed by atoms with Gasteiger partial charge < -0.3 is 9.73 Å². The van der Waals surface area contributed by atoms with Crippen molar-refractivity contribution in [2.24, 2.45) is 0 Å². The van der Waals surface area contributed by atoms with E-state index in [1.807, 2.05) is 55.6 Å². The fraction of sp³-hybridized carbons (Fsp3) is 0.0588. The summed E-state index contributed by atoms with van der Waals surface area (Å²) in [5.74, 6) is 0. The van der Waals surface area contributed by atoms with E-state index < -0.39 is 0 Å². The van der Waals surface area contributed by atoms with Gasteiger partial charge in [-0.15, -0.1) is 11.3 Å². The summed E-state index contributed by atoms with van der Waals surface area (Å²) < 4.78 is 6.51. The molecule has 2 heterocycles. The number of hydrogen-bond acceptors (Lipinski definition) is 5. The van der Waals surface area contributed by atoms with Crippen molar-refractivity contribution < 1.29 is 5.84 Å². The molecule has 2 aromatic heterocycles. The van der Waals surface area contributed by atoms with Crippen LogP contribution in [0.5, 0.6) is 0 Å². The molecule has 22 heavy (non-hydrogen) atoms. The smallest absolute Gasteiger partial charge is 0.346 e. The molecule has 4 nitrogen and oxygen atoms in total. The fourth-order valence-corrected chi connectivity index (χ4v) is 3.37. The highest BCUT2D eigenvalue weighted by molar-refractivity contribution is 7.21. The first-order chi connectivity index (χ1) is 10.7. The molecule has 0 fully saturated rings. The SMILES string of the molecule is CNc1ccc2cc(-c3nc4ccccc4s3)c(=O)oc2c1.[HH]. The van der Waals surface area contributed by atoms with Crippen molar-refractivity contribution in [3.63, 3.8) is 0 Å². The van der Waals surface area contributed by atoms with Gasteiger partial charge in [0.15, 0.2) is 0 Å². The molecule has 0 aliphatic carbocycles.